The minimum Gasteiger partial charge on any atom is -0.503 e. The maximum absolute atomic E-state index is 12.4. The number of hydrogen-bond donors (Lipinski definition) is 3. The van der Waals surface area contributed by atoms with Crippen LogP contribution in [0.2, 0.25) is 0 Å². The van der Waals surface area contributed by atoms with Crippen molar-refractivity contribution in [2.75, 3.05) is 12.4 Å². The molecule has 1 aromatic carbocycles. The Bertz CT molecular complexity index is 812. The fourth-order valence-electron chi connectivity index (χ4n) is 3.22. The van der Waals surface area contributed by atoms with E-state index in [9.17, 15) is 14.7 Å². The number of nitrogens with zero attached hydrogens (tertiary/aromatic N) is 2. The second-order valence-electron chi connectivity index (χ2n) is 6.64. The minimum atomic E-state index is -0.433. The summed E-state index contributed by atoms with van der Waals surface area (Å²) in [6.45, 7) is 0.0637. The first kappa shape index (κ1) is 18.8. The van der Waals surface area contributed by atoms with Gasteiger partial charge in [0, 0.05) is 12.2 Å². The van der Waals surface area contributed by atoms with E-state index in [0.29, 0.717) is 5.56 Å². The van der Waals surface area contributed by atoms with Crippen LogP contribution in [0.25, 0.3) is 0 Å². The molecule has 1 fully saturated rings. The number of methoxy groups -OCH3 is 1. The lowest BCUT2D eigenvalue weighted by molar-refractivity contribution is -0.122. The molecule has 1 aromatic heterocycles. The molecule has 1 saturated carbocycles. The summed E-state index contributed by atoms with van der Waals surface area (Å²) in [7, 11) is 1.43. The topological polar surface area (TPSA) is 105 Å². The van der Waals surface area contributed by atoms with Crippen molar-refractivity contribution in [1.29, 1.82) is 0 Å². The summed E-state index contributed by atoms with van der Waals surface area (Å²) in [6.07, 6.45) is 8.45. The van der Waals surface area contributed by atoms with E-state index in [1.54, 1.807) is 18.2 Å². The molecule has 144 valence electrons. The van der Waals surface area contributed by atoms with Crippen molar-refractivity contribution in [3.8, 4) is 11.5 Å². The number of hydrogen-bond acceptors (Lipinski definition) is 5. The Morgan fingerprint density at radius 1 is 1.30 bits per heavy atom. The number of phenolic OH excluding ortho intramolecular Hbond substituents is 1. The van der Waals surface area contributed by atoms with Crippen molar-refractivity contribution >= 4 is 17.5 Å². The van der Waals surface area contributed by atoms with E-state index in [0.717, 1.165) is 25.7 Å². The molecule has 2 amide bonds. The van der Waals surface area contributed by atoms with Gasteiger partial charge in [0.15, 0.2) is 11.5 Å². The molecule has 0 saturated heterocycles. The van der Waals surface area contributed by atoms with Gasteiger partial charge >= 0.3 is 0 Å². The lowest BCUT2D eigenvalue weighted by Crippen LogP contribution is -2.38. The molecule has 0 bridgehead atoms. The molecule has 0 radical (unpaired) electrons. The number of phenols is 1. The van der Waals surface area contributed by atoms with Crippen LogP contribution in [0.3, 0.4) is 0 Å². The van der Waals surface area contributed by atoms with Crippen LogP contribution < -0.4 is 15.4 Å². The van der Waals surface area contributed by atoms with Crippen molar-refractivity contribution in [3.05, 3.63) is 36.2 Å². The molecule has 0 spiro atoms. The second-order valence-corrected chi connectivity index (χ2v) is 6.64. The van der Waals surface area contributed by atoms with Gasteiger partial charge in [-0.3, -0.25) is 14.3 Å². The normalized spacial score (nSPS) is 14.6. The number of carbonyl (C=O) groups is 2. The van der Waals surface area contributed by atoms with Crippen molar-refractivity contribution in [2.24, 2.45) is 0 Å². The van der Waals surface area contributed by atoms with Crippen molar-refractivity contribution in [2.45, 2.75) is 44.7 Å². The van der Waals surface area contributed by atoms with Gasteiger partial charge in [-0.15, -0.1) is 0 Å². The molecule has 0 unspecified atom stereocenters. The zero-order valence-corrected chi connectivity index (χ0v) is 15.3. The van der Waals surface area contributed by atoms with Crippen LogP contribution in [0.1, 0.15) is 42.5 Å². The van der Waals surface area contributed by atoms with Crippen LogP contribution in [0, 0.1) is 0 Å². The number of benzene rings is 1. The Hall–Kier alpha value is -3.03. The molecule has 0 aliphatic heterocycles. The number of ether oxygens (including phenoxy) is 1. The van der Waals surface area contributed by atoms with Gasteiger partial charge in [-0.25, -0.2) is 0 Å². The summed E-state index contributed by atoms with van der Waals surface area (Å²) < 4.78 is 6.45. The summed E-state index contributed by atoms with van der Waals surface area (Å²) in [6, 6.07) is 5.06. The van der Waals surface area contributed by atoms with Gasteiger partial charge in [-0.1, -0.05) is 25.3 Å². The predicted octanol–water partition coefficient (Wildman–Crippen LogP) is 2.30. The largest absolute Gasteiger partial charge is 0.503 e. The molecule has 1 aliphatic carbocycles. The lowest BCUT2D eigenvalue weighted by atomic mass is 9.95. The number of carbonyl (C=O) groups excluding carboxylic acids is 2. The number of amides is 2. The molecule has 3 rings (SSSR count). The Labute approximate surface area is 157 Å². The Morgan fingerprint density at radius 3 is 2.81 bits per heavy atom. The summed E-state index contributed by atoms with van der Waals surface area (Å²) in [5, 5.41) is 19.8. The molecule has 1 heterocycles. The molecule has 8 heteroatoms. The standard InChI is InChI=1S/C19H24N4O4/c1-27-16-9-5-8-15(18(16)25)22-19(26)13-10-20-23(11-13)12-17(24)21-14-6-3-2-4-7-14/h5,8-11,14,25H,2-4,6-7,12H2,1H3,(H,21,24)(H,22,26). The average Bonchev–Trinajstić information content (AvgIpc) is 3.12. The Balaban J connectivity index is 1.58. The highest BCUT2D eigenvalue weighted by molar-refractivity contribution is 6.04. The van der Waals surface area contributed by atoms with Crippen LogP contribution in [0.5, 0.6) is 11.5 Å². The first-order valence-electron chi connectivity index (χ1n) is 9.06. The number of nitrogens with one attached hydrogen (secondary N) is 2. The van der Waals surface area contributed by atoms with Gasteiger partial charge in [0.05, 0.1) is 24.6 Å². The van der Waals surface area contributed by atoms with E-state index in [1.165, 1.54) is 30.6 Å². The fourth-order valence-corrected chi connectivity index (χ4v) is 3.22. The summed E-state index contributed by atoms with van der Waals surface area (Å²) in [5.74, 6) is -0.421. The number of aromatic nitrogens is 2. The van der Waals surface area contributed by atoms with E-state index >= 15 is 0 Å². The van der Waals surface area contributed by atoms with Crippen LogP contribution >= 0.6 is 0 Å². The molecular formula is C19H24N4O4. The monoisotopic (exact) mass is 372 g/mol. The molecule has 27 heavy (non-hydrogen) atoms. The third kappa shape index (κ3) is 4.78. The van der Waals surface area contributed by atoms with E-state index < -0.39 is 5.91 Å². The number of rotatable bonds is 6. The van der Waals surface area contributed by atoms with Crippen molar-refractivity contribution in [1.82, 2.24) is 15.1 Å². The van der Waals surface area contributed by atoms with Crippen LogP contribution in [-0.2, 0) is 11.3 Å². The van der Waals surface area contributed by atoms with Crippen molar-refractivity contribution < 1.29 is 19.4 Å². The zero-order chi connectivity index (χ0) is 19.2. The summed E-state index contributed by atoms with van der Waals surface area (Å²) in [5.41, 5.74) is 0.532. The molecular weight excluding hydrogens is 348 g/mol. The predicted molar refractivity (Wildman–Crippen MR) is 99.9 cm³/mol. The van der Waals surface area contributed by atoms with Gasteiger partial charge in [0.25, 0.3) is 5.91 Å². The highest BCUT2D eigenvalue weighted by atomic mass is 16.5. The zero-order valence-electron chi connectivity index (χ0n) is 15.3. The van der Waals surface area contributed by atoms with Crippen LogP contribution in [0.4, 0.5) is 5.69 Å². The molecule has 2 aromatic rings. The maximum Gasteiger partial charge on any atom is 0.258 e. The number of para-hydroxylation sites is 1. The van der Waals surface area contributed by atoms with Gasteiger partial charge in [0.2, 0.25) is 5.91 Å². The lowest BCUT2D eigenvalue weighted by Gasteiger charge is -2.22. The summed E-state index contributed by atoms with van der Waals surface area (Å²) in [4.78, 5) is 24.5. The highest BCUT2D eigenvalue weighted by Gasteiger charge is 2.17. The average molecular weight is 372 g/mol. The second kappa shape index (κ2) is 8.57. The quantitative estimate of drug-likeness (QED) is 0.675. The van der Waals surface area contributed by atoms with Gasteiger partial charge in [-0.05, 0) is 25.0 Å². The fraction of sp³-hybridized carbons (Fsp3) is 0.421. The number of anilines is 1. The van der Waals surface area contributed by atoms with Gasteiger partial charge in [-0.2, -0.15) is 5.10 Å². The van der Waals surface area contributed by atoms with Crippen molar-refractivity contribution in [3.63, 3.8) is 0 Å². The van der Waals surface area contributed by atoms with Crippen LogP contribution in [0.15, 0.2) is 30.6 Å². The maximum atomic E-state index is 12.4. The van der Waals surface area contributed by atoms with E-state index in [1.807, 2.05) is 0 Å². The van der Waals surface area contributed by atoms with Gasteiger partial charge < -0.3 is 20.5 Å². The smallest absolute Gasteiger partial charge is 0.258 e. The van der Waals surface area contributed by atoms with Crippen LogP contribution in [-0.4, -0.2) is 39.9 Å². The van der Waals surface area contributed by atoms with Gasteiger partial charge in [0.1, 0.15) is 6.54 Å². The molecule has 8 nitrogen and oxygen atoms in total. The van der Waals surface area contributed by atoms with E-state index in [-0.39, 0.29) is 35.7 Å². The molecule has 0 atom stereocenters. The highest BCUT2D eigenvalue weighted by Crippen LogP contribution is 2.33. The first-order valence-corrected chi connectivity index (χ1v) is 9.06. The Morgan fingerprint density at radius 2 is 2.07 bits per heavy atom. The summed E-state index contributed by atoms with van der Waals surface area (Å²) >= 11 is 0. The third-order valence-corrected chi connectivity index (χ3v) is 4.64. The Kier molecular flexibility index (Phi) is 5.95. The third-order valence-electron chi connectivity index (χ3n) is 4.64. The molecule has 3 N–H and O–H groups in total. The first-order chi connectivity index (χ1) is 13.1. The SMILES string of the molecule is COc1cccc(NC(=O)c2cnn(CC(=O)NC3CCCCC3)c2)c1O. The van der Waals surface area contributed by atoms with E-state index in [4.69, 9.17) is 4.74 Å². The van der Waals surface area contributed by atoms with E-state index in [2.05, 4.69) is 15.7 Å². The number of aromatic hydroxyl groups is 1. The molecule has 1 aliphatic rings. The minimum absolute atomic E-state index is 0.0637.